The van der Waals surface area contributed by atoms with Gasteiger partial charge < -0.3 is 15.7 Å². The molecule has 0 saturated heterocycles. The van der Waals surface area contributed by atoms with Crippen LogP contribution in [-0.2, 0) is 0 Å². The van der Waals surface area contributed by atoms with Crippen molar-refractivity contribution >= 4 is 0 Å². The van der Waals surface area contributed by atoms with Gasteiger partial charge >= 0.3 is 0 Å². The van der Waals surface area contributed by atoms with Crippen LogP contribution in [0, 0.1) is 22.7 Å². The lowest BCUT2D eigenvalue weighted by molar-refractivity contribution is -0.0723. The summed E-state index contributed by atoms with van der Waals surface area (Å²) < 4.78 is 0. The summed E-state index contributed by atoms with van der Waals surface area (Å²) in [6, 6.07) is 0. The molecular weight excluding hydrogens is 224 g/mol. The van der Waals surface area contributed by atoms with Crippen molar-refractivity contribution in [2.24, 2.45) is 28.4 Å². The Labute approximate surface area is 112 Å². The largest absolute Gasteiger partial charge is 0.396 e. The van der Waals surface area contributed by atoms with Crippen molar-refractivity contribution < 1.29 is 5.11 Å². The SMILES string of the molecule is CN(C)[C@@]1([C@@H](CN)CO)C[C@H]2CC[C@]1(C)C2(C)C. The van der Waals surface area contributed by atoms with Gasteiger partial charge in [0.25, 0.3) is 0 Å². The summed E-state index contributed by atoms with van der Waals surface area (Å²) in [6.45, 7) is 8.04. The lowest BCUT2D eigenvalue weighted by Crippen LogP contribution is -2.63. The highest BCUT2D eigenvalue weighted by atomic mass is 16.3. The molecule has 2 bridgehead atoms. The van der Waals surface area contributed by atoms with Gasteiger partial charge in [0, 0.05) is 18.1 Å². The summed E-state index contributed by atoms with van der Waals surface area (Å²) in [5, 5.41) is 9.81. The number of nitrogens with two attached hydrogens (primary N) is 1. The molecule has 0 aromatic rings. The monoisotopic (exact) mass is 254 g/mol. The molecule has 3 heteroatoms. The number of hydrogen-bond donors (Lipinski definition) is 2. The number of aliphatic hydroxyl groups excluding tert-OH is 1. The minimum atomic E-state index is 0.0584. The molecule has 2 aliphatic rings. The van der Waals surface area contributed by atoms with Gasteiger partial charge in [-0.2, -0.15) is 0 Å². The summed E-state index contributed by atoms with van der Waals surface area (Å²) in [5.74, 6) is 0.951. The highest BCUT2D eigenvalue weighted by molar-refractivity contribution is 5.23. The Morgan fingerprint density at radius 1 is 1.33 bits per heavy atom. The van der Waals surface area contributed by atoms with Gasteiger partial charge in [0.15, 0.2) is 0 Å². The normalized spacial score (nSPS) is 43.7. The van der Waals surface area contributed by atoms with Gasteiger partial charge in [-0.15, -0.1) is 0 Å². The molecule has 0 amide bonds. The lowest BCUT2D eigenvalue weighted by Gasteiger charge is -2.56. The van der Waals surface area contributed by atoms with Gasteiger partial charge in [0.05, 0.1) is 0 Å². The van der Waals surface area contributed by atoms with Gasteiger partial charge in [-0.1, -0.05) is 20.8 Å². The second-order valence-electron chi connectivity index (χ2n) is 7.43. The van der Waals surface area contributed by atoms with Crippen molar-refractivity contribution in [1.29, 1.82) is 0 Å². The molecule has 4 atom stereocenters. The van der Waals surface area contributed by atoms with E-state index in [0.717, 1.165) is 5.92 Å². The van der Waals surface area contributed by atoms with Gasteiger partial charge in [0.2, 0.25) is 0 Å². The van der Waals surface area contributed by atoms with E-state index in [-0.39, 0.29) is 23.5 Å². The Balaban J connectivity index is 2.52. The molecule has 2 rings (SSSR count). The fourth-order valence-electron chi connectivity index (χ4n) is 5.41. The number of rotatable bonds is 4. The molecule has 2 aliphatic carbocycles. The van der Waals surface area contributed by atoms with Crippen LogP contribution in [0.5, 0.6) is 0 Å². The maximum absolute atomic E-state index is 9.81. The maximum Gasteiger partial charge on any atom is 0.0489 e. The van der Waals surface area contributed by atoms with E-state index in [1.807, 2.05) is 0 Å². The van der Waals surface area contributed by atoms with E-state index in [9.17, 15) is 5.11 Å². The molecule has 0 spiro atoms. The van der Waals surface area contributed by atoms with Crippen LogP contribution < -0.4 is 5.73 Å². The number of fused-ring (bicyclic) bond motifs is 2. The second-order valence-corrected chi connectivity index (χ2v) is 7.43. The molecule has 0 unspecified atom stereocenters. The summed E-state index contributed by atoms with van der Waals surface area (Å²) in [5.41, 5.74) is 6.64. The van der Waals surface area contributed by atoms with E-state index >= 15 is 0 Å². The fraction of sp³-hybridized carbons (Fsp3) is 1.00. The van der Waals surface area contributed by atoms with Crippen LogP contribution in [0.1, 0.15) is 40.0 Å². The molecule has 106 valence electrons. The molecule has 0 radical (unpaired) electrons. The maximum atomic E-state index is 9.81. The first-order valence-electron chi connectivity index (χ1n) is 7.26. The summed E-state index contributed by atoms with van der Waals surface area (Å²) in [7, 11) is 4.33. The van der Waals surface area contributed by atoms with Gasteiger partial charge in [0.1, 0.15) is 0 Å². The highest BCUT2D eigenvalue weighted by Gasteiger charge is 2.70. The van der Waals surface area contributed by atoms with Crippen LogP contribution in [0.3, 0.4) is 0 Å². The third-order valence-electron chi connectivity index (χ3n) is 6.93. The summed E-state index contributed by atoms with van der Waals surface area (Å²) in [4.78, 5) is 2.36. The zero-order valence-corrected chi connectivity index (χ0v) is 12.7. The first-order chi connectivity index (χ1) is 8.28. The highest BCUT2D eigenvalue weighted by Crippen LogP contribution is 2.72. The predicted molar refractivity (Wildman–Crippen MR) is 75.3 cm³/mol. The predicted octanol–water partition coefficient (Wildman–Crippen LogP) is 1.70. The third-order valence-corrected chi connectivity index (χ3v) is 6.93. The van der Waals surface area contributed by atoms with Crippen molar-refractivity contribution in [3.05, 3.63) is 0 Å². The van der Waals surface area contributed by atoms with Gasteiger partial charge in [-0.3, -0.25) is 0 Å². The zero-order chi connectivity index (χ0) is 13.8. The number of nitrogens with zero attached hydrogens (tertiary/aromatic N) is 1. The molecule has 0 aromatic heterocycles. The van der Waals surface area contributed by atoms with E-state index in [4.69, 9.17) is 5.73 Å². The molecular formula is C15H30N2O. The first-order valence-corrected chi connectivity index (χ1v) is 7.26. The van der Waals surface area contributed by atoms with E-state index in [1.165, 1.54) is 19.3 Å². The average Bonchev–Trinajstić information content (AvgIpc) is 2.62. The van der Waals surface area contributed by atoms with Gasteiger partial charge in [-0.25, -0.2) is 0 Å². The minimum absolute atomic E-state index is 0.0584. The second kappa shape index (κ2) is 4.19. The fourth-order valence-corrected chi connectivity index (χ4v) is 5.41. The summed E-state index contributed by atoms with van der Waals surface area (Å²) >= 11 is 0. The number of hydrogen-bond acceptors (Lipinski definition) is 3. The lowest BCUT2D eigenvalue weighted by atomic mass is 9.58. The van der Waals surface area contributed by atoms with E-state index < -0.39 is 0 Å². The van der Waals surface area contributed by atoms with Crippen molar-refractivity contribution in [3.63, 3.8) is 0 Å². The Morgan fingerprint density at radius 3 is 2.22 bits per heavy atom. The molecule has 18 heavy (non-hydrogen) atoms. The molecule has 0 heterocycles. The first kappa shape index (κ1) is 14.3. The van der Waals surface area contributed by atoms with E-state index in [0.29, 0.717) is 12.0 Å². The number of aliphatic hydroxyl groups is 1. The average molecular weight is 254 g/mol. The standard InChI is InChI=1S/C15H30N2O/c1-13(2)11-6-7-14(13,3)15(8-11,17(4)5)12(9-16)10-18/h11-12,18H,6-10,16H2,1-5H3/t11-,12+,14-,15-/m1/s1. The minimum Gasteiger partial charge on any atom is -0.396 e. The van der Waals surface area contributed by atoms with Crippen molar-refractivity contribution in [2.45, 2.75) is 45.6 Å². The van der Waals surface area contributed by atoms with Crippen LogP contribution in [0.15, 0.2) is 0 Å². The van der Waals surface area contributed by atoms with Crippen molar-refractivity contribution in [3.8, 4) is 0 Å². The topological polar surface area (TPSA) is 49.5 Å². The molecule has 2 saturated carbocycles. The van der Waals surface area contributed by atoms with Crippen LogP contribution >= 0.6 is 0 Å². The van der Waals surface area contributed by atoms with Crippen LogP contribution in [-0.4, -0.2) is 42.8 Å². The Hall–Kier alpha value is -0.120. The Bertz CT molecular complexity index is 324. The van der Waals surface area contributed by atoms with Crippen LogP contribution in [0.2, 0.25) is 0 Å². The molecule has 2 fully saturated rings. The quantitative estimate of drug-likeness (QED) is 0.803. The van der Waals surface area contributed by atoms with E-state index in [2.05, 4.69) is 39.8 Å². The summed E-state index contributed by atoms with van der Waals surface area (Å²) in [6.07, 6.45) is 3.78. The molecule has 3 N–H and O–H groups in total. The third kappa shape index (κ3) is 1.36. The van der Waals surface area contributed by atoms with Gasteiger partial charge in [-0.05, 0) is 56.7 Å². The van der Waals surface area contributed by atoms with Crippen molar-refractivity contribution in [1.82, 2.24) is 4.90 Å². The molecule has 0 aromatic carbocycles. The molecule has 0 aliphatic heterocycles. The van der Waals surface area contributed by atoms with Crippen LogP contribution in [0.4, 0.5) is 0 Å². The van der Waals surface area contributed by atoms with Crippen LogP contribution in [0.25, 0.3) is 0 Å². The molecule has 3 nitrogen and oxygen atoms in total. The Morgan fingerprint density at radius 2 is 1.94 bits per heavy atom. The van der Waals surface area contributed by atoms with E-state index in [1.54, 1.807) is 0 Å². The van der Waals surface area contributed by atoms with Crippen molar-refractivity contribution in [2.75, 3.05) is 27.2 Å². The smallest absolute Gasteiger partial charge is 0.0489 e. The zero-order valence-electron chi connectivity index (χ0n) is 12.7. The Kier molecular flexibility index (Phi) is 3.33.